The molecule has 0 spiro atoms. The molecule has 3 aromatic rings. The van der Waals surface area contributed by atoms with Crippen LogP contribution in [0.25, 0.3) is 5.69 Å². The summed E-state index contributed by atoms with van der Waals surface area (Å²) in [5, 5.41) is 0. The normalized spacial score (nSPS) is 10.8. The van der Waals surface area contributed by atoms with Crippen LogP contribution in [0, 0.1) is 0 Å². The van der Waals surface area contributed by atoms with Gasteiger partial charge in [0, 0.05) is 74.2 Å². The van der Waals surface area contributed by atoms with E-state index in [9.17, 15) is 0 Å². The first-order valence-corrected chi connectivity index (χ1v) is 10.5. The second-order valence-corrected chi connectivity index (χ2v) is 7.35. The summed E-state index contributed by atoms with van der Waals surface area (Å²) in [5.74, 6) is 0.979. The monoisotopic (exact) mass is 391 g/mol. The summed E-state index contributed by atoms with van der Waals surface area (Å²) in [5.41, 5.74) is 6.06. The molecule has 3 rings (SSSR count). The van der Waals surface area contributed by atoms with E-state index >= 15 is 0 Å². The van der Waals surface area contributed by atoms with Crippen LogP contribution in [0.1, 0.15) is 32.0 Å². The third-order valence-corrected chi connectivity index (χ3v) is 5.33. The maximum absolute atomic E-state index is 6.01. The van der Waals surface area contributed by atoms with Crippen molar-refractivity contribution in [3.05, 3.63) is 72.1 Å². The lowest BCUT2D eigenvalue weighted by atomic mass is 10.1. The molecule has 0 bridgehead atoms. The van der Waals surface area contributed by atoms with Gasteiger partial charge < -0.3 is 19.1 Å². The molecule has 4 heteroatoms. The van der Waals surface area contributed by atoms with Gasteiger partial charge in [-0.05, 0) is 63.2 Å². The number of benzene rings is 2. The van der Waals surface area contributed by atoms with Gasteiger partial charge in [0.25, 0.3) is 0 Å². The van der Waals surface area contributed by atoms with Crippen molar-refractivity contribution < 1.29 is 4.74 Å². The molecule has 0 amide bonds. The summed E-state index contributed by atoms with van der Waals surface area (Å²) in [6.45, 7) is 9.07. The molecular formula is C25H33N3O. The minimum absolute atomic E-state index is 0.668. The van der Waals surface area contributed by atoms with Gasteiger partial charge in [0.1, 0.15) is 5.75 Å². The Kier molecular flexibility index (Phi) is 6.86. The fourth-order valence-corrected chi connectivity index (χ4v) is 3.68. The number of nitrogens with zero attached hydrogens (tertiary/aromatic N) is 3. The van der Waals surface area contributed by atoms with E-state index in [2.05, 4.69) is 103 Å². The smallest absolute Gasteiger partial charge is 0.124 e. The van der Waals surface area contributed by atoms with Crippen LogP contribution in [-0.4, -0.2) is 38.4 Å². The molecule has 0 aliphatic rings. The molecule has 0 unspecified atom stereocenters. The van der Waals surface area contributed by atoms with Crippen LogP contribution in [-0.2, 0) is 6.42 Å². The Labute approximate surface area is 175 Å². The topological polar surface area (TPSA) is 20.6 Å². The first kappa shape index (κ1) is 20.8. The molecule has 29 heavy (non-hydrogen) atoms. The van der Waals surface area contributed by atoms with Gasteiger partial charge in [-0.25, -0.2) is 0 Å². The van der Waals surface area contributed by atoms with Crippen LogP contribution >= 0.6 is 0 Å². The quantitative estimate of drug-likeness (QED) is 0.489. The average Bonchev–Trinajstić information content (AvgIpc) is 3.19. The van der Waals surface area contributed by atoms with Crippen molar-refractivity contribution >= 4 is 11.4 Å². The Balaban J connectivity index is 1.89. The van der Waals surface area contributed by atoms with Gasteiger partial charge in [-0.15, -0.1) is 0 Å². The summed E-state index contributed by atoms with van der Waals surface area (Å²) in [4.78, 5) is 4.47. The first-order valence-electron chi connectivity index (χ1n) is 10.5. The van der Waals surface area contributed by atoms with Crippen LogP contribution in [0.4, 0.5) is 11.4 Å². The number of rotatable bonds is 9. The lowest BCUT2D eigenvalue weighted by Crippen LogP contribution is -2.21. The zero-order valence-electron chi connectivity index (χ0n) is 18.4. The number of anilines is 2. The van der Waals surface area contributed by atoms with Crippen LogP contribution in [0.2, 0.25) is 0 Å². The van der Waals surface area contributed by atoms with Crippen molar-refractivity contribution in [2.24, 2.45) is 0 Å². The fourth-order valence-electron chi connectivity index (χ4n) is 3.68. The van der Waals surface area contributed by atoms with E-state index < -0.39 is 0 Å². The van der Waals surface area contributed by atoms with Crippen LogP contribution in [0.3, 0.4) is 0 Å². The maximum atomic E-state index is 6.01. The molecule has 1 heterocycles. The van der Waals surface area contributed by atoms with Crippen molar-refractivity contribution in [1.29, 1.82) is 0 Å². The lowest BCUT2D eigenvalue weighted by Gasteiger charge is -2.23. The van der Waals surface area contributed by atoms with Crippen molar-refractivity contribution in [3.8, 4) is 11.4 Å². The summed E-state index contributed by atoms with van der Waals surface area (Å²) < 4.78 is 8.27. The molecule has 0 aliphatic carbocycles. The molecule has 0 saturated heterocycles. The van der Waals surface area contributed by atoms with Gasteiger partial charge >= 0.3 is 0 Å². The highest BCUT2D eigenvalue weighted by molar-refractivity contribution is 5.55. The number of hydrogen-bond donors (Lipinski definition) is 0. The van der Waals surface area contributed by atoms with Crippen molar-refractivity contribution in [2.45, 2.75) is 27.2 Å². The predicted octanol–water partition coefficient (Wildman–Crippen LogP) is 5.38. The van der Waals surface area contributed by atoms with Crippen molar-refractivity contribution in [2.75, 3.05) is 43.6 Å². The van der Waals surface area contributed by atoms with E-state index in [0.717, 1.165) is 25.3 Å². The Morgan fingerprint density at radius 2 is 1.55 bits per heavy atom. The van der Waals surface area contributed by atoms with Gasteiger partial charge in [-0.2, -0.15) is 0 Å². The molecule has 0 fully saturated rings. The molecule has 1 aromatic heterocycles. The minimum atomic E-state index is 0.668. The summed E-state index contributed by atoms with van der Waals surface area (Å²) >= 11 is 0. The van der Waals surface area contributed by atoms with Crippen LogP contribution in [0.15, 0.2) is 60.8 Å². The highest BCUT2D eigenvalue weighted by Crippen LogP contribution is 2.29. The molecule has 2 aromatic carbocycles. The number of ether oxygens (including phenoxy) is 1. The van der Waals surface area contributed by atoms with Gasteiger partial charge in [-0.3, -0.25) is 0 Å². The molecule has 0 N–H and O–H groups in total. The zero-order chi connectivity index (χ0) is 20.8. The van der Waals surface area contributed by atoms with Gasteiger partial charge in [0.15, 0.2) is 0 Å². The highest BCUT2D eigenvalue weighted by atomic mass is 16.5. The van der Waals surface area contributed by atoms with Crippen molar-refractivity contribution in [3.63, 3.8) is 0 Å². The SMILES string of the molecule is CCOc1cc(N(CC)CC)ccc1Cc1cccn1-c1ccc(N(C)C)cc1. The first-order chi connectivity index (χ1) is 14.1. The molecule has 0 saturated carbocycles. The van der Waals surface area contributed by atoms with E-state index in [0.29, 0.717) is 6.61 Å². The van der Waals surface area contributed by atoms with Crippen molar-refractivity contribution in [1.82, 2.24) is 4.57 Å². The van der Waals surface area contributed by atoms with Gasteiger partial charge in [0.2, 0.25) is 0 Å². The highest BCUT2D eigenvalue weighted by Gasteiger charge is 2.12. The number of hydrogen-bond acceptors (Lipinski definition) is 3. The van der Waals surface area contributed by atoms with Gasteiger partial charge in [-0.1, -0.05) is 6.07 Å². The van der Waals surface area contributed by atoms with E-state index in [-0.39, 0.29) is 0 Å². The molecule has 4 nitrogen and oxygen atoms in total. The average molecular weight is 392 g/mol. The minimum Gasteiger partial charge on any atom is -0.494 e. The summed E-state index contributed by atoms with van der Waals surface area (Å²) in [6.07, 6.45) is 2.96. The lowest BCUT2D eigenvalue weighted by molar-refractivity contribution is 0.337. The second kappa shape index (κ2) is 9.55. The summed E-state index contributed by atoms with van der Waals surface area (Å²) in [7, 11) is 4.13. The molecule has 0 radical (unpaired) electrons. The Hall–Kier alpha value is -2.88. The van der Waals surface area contributed by atoms with E-state index in [4.69, 9.17) is 4.74 Å². The molecular weight excluding hydrogens is 358 g/mol. The Morgan fingerprint density at radius 1 is 0.862 bits per heavy atom. The summed E-state index contributed by atoms with van der Waals surface area (Å²) in [6, 6.07) is 19.6. The number of aromatic nitrogens is 1. The second-order valence-electron chi connectivity index (χ2n) is 7.35. The van der Waals surface area contributed by atoms with Crippen LogP contribution in [0.5, 0.6) is 5.75 Å². The van der Waals surface area contributed by atoms with E-state index in [1.54, 1.807) is 0 Å². The Bertz CT molecular complexity index is 908. The van der Waals surface area contributed by atoms with E-state index in [1.807, 2.05) is 6.92 Å². The predicted molar refractivity (Wildman–Crippen MR) is 124 cm³/mol. The zero-order valence-corrected chi connectivity index (χ0v) is 18.4. The standard InChI is InChI=1S/C25H33N3O/c1-6-27(7-2)23-12-11-20(25(19-23)29-8-3)18-24-10-9-17-28(24)22-15-13-21(14-16-22)26(4)5/h9-17,19H,6-8,18H2,1-5H3. The molecule has 0 aliphatic heterocycles. The van der Waals surface area contributed by atoms with Crippen LogP contribution < -0.4 is 14.5 Å². The van der Waals surface area contributed by atoms with Gasteiger partial charge in [0.05, 0.1) is 6.61 Å². The molecule has 154 valence electrons. The fraction of sp³-hybridized carbons (Fsp3) is 0.360. The molecule has 0 atom stereocenters. The third kappa shape index (κ3) is 4.76. The largest absolute Gasteiger partial charge is 0.494 e. The maximum Gasteiger partial charge on any atom is 0.124 e. The third-order valence-electron chi connectivity index (χ3n) is 5.33. The Morgan fingerprint density at radius 3 is 2.17 bits per heavy atom. The van der Waals surface area contributed by atoms with E-state index in [1.165, 1.54) is 28.3 Å².